The summed E-state index contributed by atoms with van der Waals surface area (Å²) in [6.45, 7) is 0. The third kappa shape index (κ3) is 4.33. The topological polar surface area (TPSA) is 29.3 Å². The second kappa shape index (κ2) is 10.8. The highest BCUT2D eigenvalue weighted by Gasteiger charge is 2.16. The number of rotatable bonds is 5. The maximum absolute atomic E-state index is 6.06. The number of furan rings is 1. The highest BCUT2D eigenvalue weighted by molar-refractivity contribution is 6.14. The Labute approximate surface area is 266 Å². The molecular weight excluding hydrogens is 560 g/mol. The molecule has 0 radical (unpaired) electrons. The van der Waals surface area contributed by atoms with E-state index in [-0.39, 0.29) is 0 Å². The minimum atomic E-state index is 0.660. The maximum atomic E-state index is 6.06. The summed E-state index contributed by atoms with van der Waals surface area (Å²) in [6.07, 6.45) is 1.82. The van der Waals surface area contributed by atoms with E-state index in [1.54, 1.807) is 0 Å². The zero-order valence-electron chi connectivity index (χ0n) is 25.0. The van der Waals surface area contributed by atoms with E-state index in [0.29, 0.717) is 5.71 Å². The normalized spacial score (nSPS) is 11.5. The number of anilines is 3. The van der Waals surface area contributed by atoms with Gasteiger partial charge in [-0.2, -0.15) is 0 Å². The number of fused-ring (bicyclic) bond motifs is 6. The first-order valence-electron chi connectivity index (χ1n) is 15.5. The van der Waals surface area contributed by atoms with Gasteiger partial charge >= 0.3 is 0 Å². The molecule has 7 aromatic carbocycles. The minimum Gasteiger partial charge on any atom is -0.438 e. The molecule has 0 aliphatic rings. The fourth-order valence-electron chi connectivity index (χ4n) is 6.78. The van der Waals surface area contributed by atoms with Gasteiger partial charge in [-0.15, -0.1) is 0 Å². The van der Waals surface area contributed by atoms with Gasteiger partial charge in [-0.25, -0.2) is 4.98 Å². The second-order valence-corrected chi connectivity index (χ2v) is 11.6. The quantitative estimate of drug-likeness (QED) is 0.187. The Morgan fingerprint density at radius 3 is 1.74 bits per heavy atom. The molecule has 3 nitrogen and oxygen atoms in total. The summed E-state index contributed by atoms with van der Waals surface area (Å²) >= 11 is 0. The van der Waals surface area contributed by atoms with Crippen LogP contribution in [0.3, 0.4) is 0 Å². The van der Waals surface area contributed by atoms with Crippen molar-refractivity contribution in [2.45, 2.75) is 0 Å². The number of nitrogens with zero attached hydrogens (tertiary/aromatic N) is 2. The Kier molecular flexibility index (Phi) is 6.14. The molecule has 0 atom stereocenters. The van der Waals surface area contributed by atoms with Crippen LogP contribution >= 0.6 is 0 Å². The average molecular weight is 589 g/mol. The Bertz CT molecular complexity index is 2510. The van der Waals surface area contributed by atoms with E-state index in [2.05, 4.69) is 155 Å². The third-order valence-electron chi connectivity index (χ3n) is 8.93. The predicted molar refractivity (Wildman–Crippen MR) is 192 cm³/mol. The van der Waals surface area contributed by atoms with Gasteiger partial charge in [0.15, 0.2) is 0 Å². The number of para-hydroxylation sites is 2. The van der Waals surface area contributed by atoms with Gasteiger partial charge in [-0.3, -0.25) is 0 Å². The molecule has 0 amide bonds. The van der Waals surface area contributed by atoms with Crippen LogP contribution in [0, 0.1) is 0 Å². The molecule has 2 heterocycles. The Morgan fingerprint density at radius 2 is 1.00 bits per heavy atom. The number of pyridine rings is 1. The Hall–Kier alpha value is -6.19. The zero-order valence-corrected chi connectivity index (χ0v) is 25.0. The lowest BCUT2D eigenvalue weighted by atomic mass is 9.93. The SMILES string of the molecule is c1ccc(N(c2ccc(-c3cc4ccccc4c4ccccc34)cc2)c2ccc(-c3ccnc4oc5ccccc5c34)cc2)cc1. The maximum Gasteiger partial charge on any atom is 0.227 e. The summed E-state index contributed by atoms with van der Waals surface area (Å²) in [5, 5.41) is 7.20. The van der Waals surface area contributed by atoms with Crippen molar-refractivity contribution < 1.29 is 4.42 Å². The molecule has 0 N–H and O–H groups in total. The third-order valence-corrected chi connectivity index (χ3v) is 8.93. The molecule has 0 aliphatic carbocycles. The van der Waals surface area contributed by atoms with E-state index in [9.17, 15) is 0 Å². The van der Waals surface area contributed by atoms with Crippen molar-refractivity contribution in [3.05, 3.63) is 170 Å². The molecule has 46 heavy (non-hydrogen) atoms. The van der Waals surface area contributed by atoms with Crippen molar-refractivity contribution >= 4 is 60.7 Å². The number of aromatic nitrogens is 1. The lowest BCUT2D eigenvalue weighted by molar-refractivity contribution is 0.654. The largest absolute Gasteiger partial charge is 0.438 e. The van der Waals surface area contributed by atoms with Crippen molar-refractivity contribution in [3.63, 3.8) is 0 Å². The molecule has 3 heteroatoms. The fraction of sp³-hybridized carbons (Fsp3) is 0. The number of hydrogen-bond acceptors (Lipinski definition) is 3. The summed E-state index contributed by atoms with van der Waals surface area (Å²) in [5.74, 6) is 0. The average Bonchev–Trinajstić information content (AvgIpc) is 3.52. The van der Waals surface area contributed by atoms with Gasteiger partial charge in [-0.05, 0) is 98.4 Å². The second-order valence-electron chi connectivity index (χ2n) is 11.6. The first-order valence-corrected chi connectivity index (χ1v) is 15.5. The summed E-state index contributed by atoms with van der Waals surface area (Å²) in [4.78, 5) is 6.82. The van der Waals surface area contributed by atoms with Crippen LogP contribution in [0.25, 0.3) is 65.9 Å². The van der Waals surface area contributed by atoms with Crippen molar-refractivity contribution in [2.75, 3.05) is 4.90 Å². The molecule has 216 valence electrons. The van der Waals surface area contributed by atoms with Crippen molar-refractivity contribution in [3.8, 4) is 22.3 Å². The molecule has 0 bridgehead atoms. The van der Waals surface area contributed by atoms with Crippen molar-refractivity contribution in [1.29, 1.82) is 0 Å². The summed E-state index contributed by atoms with van der Waals surface area (Å²) in [6, 6.07) is 58.1. The first-order chi connectivity index (χ1) is 22.8. The van der Waals surface area contributed by atoms with Crippen LogP contribution in [-0.4, -0.2) is 4.98 Å². The smallest absolute Gasteiger partial charge is 0.227 e. The van der Waals surface area contributed by atoms with Crippen LogP contribution < -0.4 is 4.90 Å². The standard InChI is InChI=1S/C43H28N2O/c1-2-11-32(12-3-1)45(33-22-18-29(19-23-33)36-26-27-44-43-42(36)39-16-8-9-17-41(39)46-43)34-24-20-30(21-25-34)40-28-31-10-4-5-13-35(31)37-14-6-7-15-38(37)40/h1-28H. The molecule has 0 aliphatic heterocycles. The molecule has 0 spiro atoms. The van der Waals surface area contributed by atoms with Gasteiger partial charge < -0.3 is 9.32 Å². The van der Waals surface area contributed by atoms with Crippen molar-refractivity contribution in [2.24, 2.45) is 0 Å². The van der Waals surface area contributed by atoms with E-state index < -0.39 is 0 Å². The minimum absolute atomic E-state index is 0.660. The summed E-state index contributed by atoms with van der Waals surface area (Å²) < 4.78 is 6.06. The molecular formula is C43H28N2O. The molecule has 0 saturated carbocycles. The lowest BCUT2D eigenvalue weighted by Gasteiger charge is -2.26. The highest BCUT2D eigenvalue weighted by atomic mass is 16.3. The van der Waals surface area contributed by atoms with Crippen LogP contribution in [0.1, 0.15) is 0 Å². The summed E-state index contributed by atoms with van der Waals surface area (Å²) in [7, 11) is 0. The van der Waals surface area contributed by atoms with E-state index >= 15 is 0 Å². The van der Waals surface area contributed by atoms with Crippen LogP contribution in [0.2, 0.25) is 0 Å². The van der Waals surface area contributed by atoms with Crippen LogP contribution in [0.4, 0.5) is 17.1 Å². The van der Waals surface area contributed by atoms with Gasteiger partial charge in [0.2, 0.25) is 5.71 Å². The number of hydrogen-bond donors (Lipinski definition) is 0. The first kappa shape index (κ1) is 26.2. The van der Waals surface area contributed by atoms with E-state index in [4.69, 9.17) is 4.42 Å². The Morgan fingerprint density at radius 1 is 0.435 bits per heavy atom. The monoisotopic (exact) mass is 588 g/mol. The molecule has 0 fully saturated rings. The zero-order chi connectivity index (χ0) is 30.5. The van der Waals surface area contributed by atoms with E-state index in [0.717, 1.165) is 44.5 Å². The molecule has 2 aromatic heterocycles. The van der Waals surface area contributed by atoms with Crippen LogP contribution in [0.15, 0.2) is 174 Å². The lowest BCUT2D eigenvalue weighted by Crippen LogP contribution is -2.09. The molecule has 0 saturated heterocycles. The van der Waals surface area contributed by atoms with E-state index in [1.807, 2.05) is 24.4 Å². The van der Waals surface area contributed by atoms with Crippen LogP contribution in [0.5, 0.6) is 0 Å². The molecule has 9 aromatic rings. The molecule has 0 unspecified atom stereocenters. The van der Waals surface area contributed by atoms with Gasteiger partial charge in [0.1, 0.15) is 5.58 Å². The van der Waals surface area contributed by atoms with Gasteiger partial charge in [-0.1, -0.05) is 109 Å². The van der Waals surface area contributed by atoms with Gasteiger partial charge in [0.25, 0.3) is 0 Å². The fourth-order valence-corrected chi connectivity index (χ4v) is 6.78. The Balaban J connectivity index is 1.13. The van der Waals surface area contributed by atoms with E-state index in [1.165, 1.54) is 32.7 Å². The predicted octanol–water partition coefficient (Wildman–Crippen LogP) is 12.1. The molecule has 9 rings (SSSR count). The van der Waals surface area contributed by atoms with Gasteiger partial charge in [0.05, 0.1) is 5.39 Å². The highest BCUT2D eigenvalue weighted by Crippen LogP contribution is 2.40. The van der Waals surface area contributed by atoms with Crippen molar-refractivity contribution in [1.82, 2.24) is 4.98 Å². The van der Waals surface area contributed by atoms with Gasteiger partial charge in [0, 0.05) is 28.6 Å². The van der Waals surface area contributed by atoms with Crippen LogP contribution in [-0.2, 0) is 0 Å². The summed E-state index contributed by atoms with van der Waals surface area (Å²) in [5.41, 5.74) is 9.47. The number of benzene rings is 7.